The molecule has 4 N–H and O–H groups in total. The summed E-state index contributed by atoms with van der Waals surface area (Å²) < 4.78 is 5.98. The molecule has 2 aromatic carbocycles. The average Bonchev–Trinajstić information content (AvgIpc) is 3.19. The lowest BCUT2D eigenvalue weighted by Gasteiger charge is -2.14. The number of aliphatic hydroxyl groups is 1. The molecule has 0 radical (unpaired) electrons. The van der Waals surface area contributed by atoms with Crippen LogP contribution in [-0.2, 0) is 17.6 Å². The van der Waals surface area contributed by atoms with E-state index >= 15 is 0 Å². The van der Waals surface area contributed by atoms with Crippen LogP contribution in [0, 0.1) is 11.8 Å². The van der Waals surface area contributed by atoms with E-state index < -0.39 is 0 Å². The first-order chi connectivity index (χ1) is 18.6. The smallest absolute Gasteiger partial charge is 0.255 e. The zero-order valence-corrected chi connectivity index (χ0v) is 21.9. The molecule has 0 unspecified atom stereocenters. The minimum absolute atomic E-state index is 0.00721. The summed E-state index contributed by atoms with van der Waals surface area (Å²) in [7, 11) is 1.63. The van der Waals surface area contributed by atoms with Crippen LogP contribution in [0.3, 0.4) is 0 Å². The average molecular weight is 514 g/mol. The van der Waals surface area contributed by atoms with E-state index in [1.54, 1.807) is 13.1 Å². The van der Waals surface area contributed by atoms with Gasteiger partial charge in [-0.15, -0.1) is 0 Å². The Labute approximate surface area is 223 Å². The van der Waals surface area contributed by atoms with Crippen LogP contribution in [0.25, 0.3) is 10.9 Å². The van der Waals surface area contributed by atoms with Crippen molar-refractivity contribution in [3.63, 3.8) is 0 Å². The fraction of sp³-hybridized carbons (Fsp3) is 0.355. The number of fused-ring (bicyclic) bond motifs is 2. The Morgan fingerprint density at radius 1 is 1.21 bits per heavy atom. The van der Waals surface area contributed by atoms with Crippen LogP contribution in [0.2, 0.25) is 0 Å². The van der Waals surface area contributed by atoms with E-state index in [-0.39, 0.29) is 18.4 Å². The summed E-state index contributed by atoms with van der Waals surface area (Å²) in [6, 6.07) is 11.9. The maximum absolute atomic E-state index is 13.2. The van der Waals surface area contributed by atoms with Gasteiger partial charge in [-0.25, -0.2) is 0 Å². The van der Waals surface area contributed by atoms with Crippen LogP contribution in [0.4, 0.5) is 0 Å². The number of benzene rings is 2. The largest absolute Gasteiger partial charge is 0.492 e. The lowest BCUT2D eigenvalue weighted by Crippen LogP contribution is -2.25. The SMILES string of the molecule is CNC(=O)CCCC#Cc1cc2c(c(C(=O)NC/C=C(/CO)Cc3c[nH]c4ccccc34)c1)OCCCC2. The second-order valence-electron chi connectivity index (χ2n) is 9.41. The number of H-pyrrole nitrogens is 1. The van der Waals surface area contributed by atoms with Gasteiger partial charge < -0.3 is 25.5 Å². The van der Waals surface area contributed by atoms with Crippen LogP contribution in [0.5, 0.6) is 5.75 Å². The van der Waals surface area contributed by atoms with Crippen molar-refractivity contribution in [1.82, 2.24) is 15.6 Å². The van der Waals surface area contributed by atoms with Crippen LogP contribution in [0.1, 0.15) is 59.2 Å². The van der Waals surface area contributed by atoms with Crippen molar-refractivity contribution in [3.05, 3.63) is 76.5 Å². The van der Waals surface area contributed by atoms with Crippen LogP contribution in [0.15, 0.2) is 54.2 Å². The van der Waals surface area contributed by atoms with E-state index in [4.69, 9.17) is 4.74 Å². The minimum atomic E-state index is -0.230. The van der Waals surface area contributed by atoms with Crippen LogP contribution in [-0.4, -0.2) is 48.7 Å². The molecule has 1 aromatic heterocycles. The highest BCUT2D eigenvalue weighted by Gasteiger charge is 2.19. The molecule has 0 bridgehead atoms. The number of unbranched alkanes of at least 4 members (excludes halogenated alkanes) is 1. The number of hydrogen-bond acceptors (Lipinski definition) is 4. The minimum Gasteiger partial charge on any atom is -0.492 e. The van der Waals surface area contributed by atoms with Gasteiger partial charge >= 0.3 is 0 Å². The van der Waals surface area contributed by atoms with Crippen molar-refractivity contribution in [2.75, 3.05) is 26.8 Å². The van der Waals surface area contributed by atoms with E-state index in [2.05, 4.69) is 33.5 Å². The van der Waals surface area contributed by atoms with E-state index in [9.17, 15) is 14.7 Å². The molecule has 1 aliphatic heterocycles. The van der Waals surface area contributed by atoms with Crippen LogP contribution >= 0.6 is 0 Å². The van der Waals surface area contributed by atoms with Gasteiger partial charge in [-0.3, -0.25) is 9.59 Å². The molecule has 0 spiro atoms. The Balaban J connectivity index is 1.45. The normalized spacial score (nSPS) is 13.1. The number of carbonyl (C=O) groups is 2. The van der Waals surface area contributed by atoms with Gasteiger partial charge in [0.15, 0.2) is 0 Å². The molecule has 198 valence electrons. The molecular formula is C31H35N3O4. The summed E-state index contributed by atoms with van der Waals surface area (Å²) in [4.78, 5) is 27.9. The van der Waals surface area contributed by atoms with Crippen molar-refractivity contribution < 1.29 is 19.4 Å². The van der Waals surface area contributed by atoms with E-state index in [0.717, 1.165) is 52.4 Å². The molecule has 0 saturated heterocycles. The highest BCUT2D eigenvalue weighted by Crippen LogP contribution is 2.30. The standard InChI is InChI=1S/C31H35N3O4/c1-32-29(36)13-4-2-3-9-22-17-24-10-7-8-16-38-30(24)27(19-22)31(37)33-15-14-23(21-35)18-25-20-34-28-12-6-5-11-26(25)28/h5-6,11-12,14,17,19-20,34-35H,2,4,7-8,10,13,15-16,18,21H2,1H3,(H,32,36)(H,33,37)/b23-14+. The van der Waals surface area contributed by atoms with Gasteiger partial charge in [0.2, 0.25) is 5.91 Å². The first-order valence-electron chi connectivity index (χ1n) is 13.2. The number of ether oxygens (including phenoxy) is 1. The molecule has 0 fully saturated rings. The highest BCUT2D eigenvalue weighted by molar-refractivity contribution is 5.98. The predicted octanol–water partition coefficient (Wildman–Crippen LogP) is 4.04. The number of aliphatic hydroxyl groups excluding tert-OH is 1. The van der Waals surface area contributed by atoms with Gasteiger partial charge in [0.05, 0.1) is 18.8 Å². The molecule has 2 heterocycles. The van der Waals surface area contributed by atoms with Crippen molar-refractivity contribution >= 4 is 22.7 Å². The molecule has 7 nitrogen and oxygen atoms in total. The number of amides is 2. The third-order valence-corrected chi connectivity index (χ3v) is 6.66. The third-order valence-electron chi connectivity index (χ3n) is 6.66. The fourth-order valence-electron chi connectivity index (χ4n) is 4.60. The number of carbonyl (C=O) groups excluding carboxylic acids is 2. The topological polar surface area (TPSA) is 103 Å². The predicted molar refractivity (Wildman–Crippen MR) is 149 cm³/mol. The second-order valence-corrected chi connectivity index (χ2v) is 9.41. The van der Waals surface area contributed by atoms with Gasteiger partial charge in [-0.1, -0.05) is 36.1 Å². The first-order valence-corrected chi connectivity index (χ1v) is 13.2. The summed E-state index contributed by atoms with van der Waals surface area (Å²) in [6.45, 7) is 0.789. The van der Waals surface area contributed by atoms with Gasteiger partial charge in [-0.2, -0.15) is 0 Å². The van der Waals surface area contributed by atoms with E-state index in [1.807, 2.05) is 36.5 Å². The Bertz CT molecular complexity index is 1380. The molecule has 1 aliphatic rings. The number of aryl methyl sites for hydroxylation is 1. The molecule has 0 aliphatic carbocycles. The highest BCUT2D eigenvalue weighted by atomic mass is 16.5. The third kappa shape index (κ3) is 7.05. The molecule has 7 heteroatoms. The summed E-state index contributed by atoms with van der Waals surface area (Å²) in [6.07, 6.45) is 8.93. The first kappa shape index (κ1) is 27.0. The van der Waals surface area contributed by atoms with Gasteiger partial charge in [0.1, 0.15) is 5.75 Å². The van der Waals surface area contributed by atoms with Crippen LogP contribution < -0.4 is 15.4 Å². The summed E-state index contributed by atoms with van der Waals surface area (Å²) in [5.41, 5.74) is 5.24. The number of para-hydroxylation sites is 1. The monoisotopic (exact) mass is 513 g/mol. The fourth-order valence-corrected chi connectivity index (χ4v) is 4.60. The summed E-state index contributed by atoms with van der Waals surface area (Å²) >= 11 is 0. The maximum Gasteiger partial charge on any atom is 0.255 e. The lowest BCUT2D eigenvalue weighted by molar-refractivity contribution is -0.120. The molecule has 3 aromatic rings. The Hall–Kier alpha value is -4.02. The number of nitrogens with one attached hydrogen (secondary N) is 3. The number of aromatic nitrogens is 1. The maximum atomic E-state index is 13.2. The molecular weight excluding hydrogens is 478 g/mol. The van der Waals surface area contributed by atoms with Gasteiger partial charge in [0.25, 0.3) is 5.91 Å². The lowest BCUT2D eigenvalue weighted by atomic mass is 10.00. The zero-order chi connectivity index (χ0) is 26.7. The summed E-state index contributed by atoms with van der Waals surface area (Å²) in [5, 5.41) is 16.6. The molecule has 38 heavy (non-hydrogen) atoms. The van der Waals surface area contributed by atoms with Crippen molar-refractivity contribution in [2.24, 2.45) is 0 Å². The van der Waals surface area contributed by atoms with E-state index in [1.165, 1.54) is 0 Å². The van der Waals surface area contributed by atoms with Crippen molar-refractivity contribution in [3.8, 4) is 17.6 Å². The quantitative estimate of drug-likeness (QED) is 0.197. The van der Waals surface area contributed by atoms with Gasteiger partial charge in [0, 0.05) is 49.1 Å². The Kier molecular flexibility index (Phi) is 9.60. The van der Waals surface area contributed by atoms with Crippen molar-refractivity contribution in [2.45, 2.75) is 44.9 Å². The number of hydrogen-bond donors (Lipinski definition) is 4. The number of rotatable bonds is 9. The molecule has 0 atom stereocenters. The molecule has 0 saturated carbocycles. The van der Waals surface area contributed by atoms with Crippen molar-refractivity contribution in [1.29, 1.82) is 0 Å². The Morgan fingerprint density at radius 3 is 2.92 bits per heavy atom. The number of aromatic amines is 1. The summed E-state index contributed by atoms with van der Waals surface area (Å²) in [5.74, 6) is 6.70. The molecule has 4 rings (SSSR count). The molecule has 2 amide bonds. The Morgan fingerprint density at radius 2 is 2.08 bits per heavy atom. The second kappa shape index (κ2) is 13.5. The zero-order valence-electron chi connectivity index (χ0n) is 21.9. The van der Waals surface area contributed by atoms with Gasteiger partial charge in [-0.05, 0) is 67.0 Å². The van der Waals surface area contributed by atoms with E-state index in [0.29, 0.717) is 50.1 Å².